The number of carbonyl (C=O) groups excluding carboxylic acids is 2. The Morgan fingerprint density at radius 1 is 0.800 bits per heavy atom. The SMILES string of the molecule is O=C(NC1CCCCC1)C(Cc1ccccc1)N(Cc1ccc(Br)cc1)C(=O)CCc1cccc2ccccc12. The van der Waals surface area contributed by atoms with E-state index in [1.54, 1.807) is 0 Å². The van der Waals surface area contributed by atoms with Gasteiger partial charge in [0.15, 0.2) is 0 Å². The van der Waals surface area contributed by atoms with Crippen molar-refractivity contribution < 1.29 is 9.59 Å². The van der Waals surface area contributed by atoms with E-state index in [1.165, 1.54) is 17.2 Å². The lowest BCUT2D eigenvalue weighted by Crippen LogP contribution is -2.52. The normalized spacial score (nSPS) is 14.5. The molecule has 4 aromatic rings. The highest BCUT2D eigenvalue weighted by molar-refractivity contribution is 9.10. The summed E-state index contributed by atoms with van der Waals surface area (Å²) in [6, 6.07) is 32.2. The van der Waals surface area contributed by atoms with E-state index in [0.717, 1.165) is 46.8 Å². The third-order valence-electron chi connectivity index (χ3n) is 7.98. The highest BCUT2D eigenvalue weighted by Gasteiger charge is 2.31. The van der Waals surface area contributed by atoms with E-state index in [4.69, 9.17) is 0 Å². The highest BCUT2D eigenvalue weighted by Crippen LogP contribution is 2.23. The van der Waals surface area contributed by atoms with Crippen molar-refractivity contribution in [1.82, 2.24) is 10.2 Å². The minimum Gasteiger partial charge on any atom is -0.352 e. The van der Waals surface area contributed by atoms with Crippen LogP contribution in [-0.4, -0.2) is 28.8 Å². The Hall–Kier alpha value is -3.44. The van der Waals surface area contributed by atoms with E-state index >= 15 is 0 Å². The fourth-order valence-electron chi connectivity index (χ4n) is 5.78. The fraction of sp³-hybridized carbons (Fsp3) is 0.314. The molecule has 2 amide bonds. The molecule has 0 aliphatic heterocycles. The van der Waals surface area contributed by atoms with Crippen molar-refractivity contribution in [1.29, 1.82) is 0 Å². The lowest BCUT2D eigenvalue weighted by molar-refractivity contribution is -0.141. The zero-order valence-electron chi connectivity index (χ0n) is 22.9. The van der Waals surface area contributed by atoms with Gasteiger partial charge in [0.05, 0.1) is 0 Å². The lowest BCUT2D eigenvalue weighted by atomic mass is 9.94. The van der Waals surface area contributed by atoms with E-state index in [0.29, 0.717) is 25.8 Å². The third kappa shape index (κ3) is 7.39. The van der Waals surface area contributed by atoms with Gasteiger partial charge in [-0.15, -0.1) is 0 Å². The van der Waals surface area contributed by atoms with Crippen LogP contribution in [-0.2, 0) is 29.0 Å². The number of hydrogen-bond donors (Lipinski definition) is 1. The first-order valence-electron chi connectivity index (χ1n) is 14.4. The molecule has 5 rings (SSSR count). The van der Waals surface area contributed by atoms with Gasteiger partial charge in [-0.05, 0) is 58.9 Å². The molecule has 0 radical (unpaired) electrons. The molecule has 4 aromatic carbocycles. The van der Waals surface area contributed by atoms with Gasteiger partial charge in [-0.2, -0.15) is 0 Å². The predicted octanol–water partition coefficient (Wildman–Crippen LogP) is 7.62. The van der Waals surface area contributed by atoms with Gasteiger partial charge in [-0.1, -0.05) is 120 Å². The Bertz CT molecular complexity index is 1410. The number of halogens is 1. The number of hydrogen-bond acceptors (Lipinski definition) is 2. The molecule has 1 fully saturated rings. The van der Waals surface area contributed by atoms with Crippen LogP contribution in [0.5, 0.6) is 0 Å². The highest BCUT2D eigenvalue weighted by atomic mass is 79.9. The van der Waals surface area contributed by atoms with E-state index in [-0.39, 0.29) is 17.9 Å². The third-order valence-corrected chi connectivity index (χ3v) is 8.51. The van der Waals surface area contributed by atoms with Gasteiger partial charge in [0.1, 0.15) is 6.04 Å². The molecule has 4 nitrogen and oxygen atoms in total. The van der Waals surface area contributed by atoms with Gasteiger partial charge in [0.2, 0.25) is 11.8 Å². The Kier molecular flexibility index (Phi) is 9.67. The summed E-state index contributed by atoms with van der Waals surface area (Å²) in [4.78, 5) is 29.9. The van der Waals surface area contributed by atoms with Crippen LogP contribution < -0.4 is 5.32 Å². The monoisotopic (exact) mass is 596 g/mol. The van der Waals surface area contributed by atoms with Crippen LogP contribution in [0.3, 0.4) is 0 Å². The summed E-state index contributed by atoms with van der Waals surface area (Å²) in [6.45, 7) is 0.386. The second-order valence-electron chi connectivity index (χ2n) is 10.8. The molecule has 0 bridgehead atoms. The first kappa shape index (κ1) is 28.1. The minimum absolute atomic E-state index is 0.00409. The van der Waals surface area contributed by atoms with Crippen LogP contribution in [0.15, 0.2) is 102 Å². The molecule has 1 N–H and O–H groups in total. The zero-order valence-corrected chi connectivity index (χ0v) is 24.5. The van der Waals surface area contributed by atoms with Crippen LogP contribution >= 0.6 is 15.9 Å². The lowest BCUT2D eigenvalue weighted by Gasteiger charge is -2.33. The van der Waals surface area contributed by atoms with Crippen molar-refractivity contribution in [3.8, 4) is 0 Å². The summed E-state index contributed by atoms with van der Waals surface area (Å²) >= 11 is 3.52. The topological polar surface area (TPSA) is 49.4 Å². The largest absolute Gasteiger partial charge is 0.352 e. The molecule has 5 heteroatoms. The summed E-state index contributed by atoms with van der Waals surface area (Å²) in [5, 5.41) is 5.68. The number of carbonyl (C=O) groups is 2. The first-order chi connectivity index (χ1) is 19.6. The summed E-state index contributed by atoms with van der Waals surface area (Å²) in [5.74, 6) is -0.0537. The fourth-order valence-corrected chi connectivity index (χ4v) is 6.04. The van der Waals surface area contributed by atoms with Crippen LogP contribution in [0.1, 0.15) is 55.2 Å². The van der Waals surface area contributed by atoms with E-state index in [2.05, 4.69) is 51.6 Å². The molecule has 1 aliphatic rings. The Morgan fingerprint density at radius 3 is 2.27 bits per heavy atom. The molecule has 206 valence electrons. The molecule has 0 aromatic heterocycles. The molecule has 0 saturated heterocycles. The van der Waals surface area contributed by atoms with Gasteiger partial charge in [-0.25, -0.2) is 0 Å². The number of nitrogens with zero attached hydrogens (tertiary/aromatic N) is 1. The molecular formula is C35H37BrN2O2. The van der Waals surface area contributed by atoms with Gasteiger partial charge in [0.25, 0.3) is 0 Å². The average molecular weight is 598 g/mol. The Morgan fingerprint density at radius 2 is 1.50 bits per heavy atom. The Labute approximate surface area is 245 Å². The standard InChI is InChI=1S/C35H37BrN2O2/c36-30-21-18-27(19-22-30)25-38(34(39)23-20-29-14-9-13-28-12-7-8-17-32(28)29)33(24-26-10-3-1-4-11-26)35(40)37-31-15-5-2-6-16-31/h1,3-4,7-14,17-19,21-22,31,33H,2,5-6,15-16,20,23-25H2,(H,37,40). The number of benzene rings is 4. The van der Waals surface area contributed by atoms with Crippen LogP contribution in [0.2, 0.25) is 0 Å². The van der Waals surface area contributed by atoms with E-state index in [9.17, 15) is 9.59 Å². The van der Waals surface area contributed by atoms with Gasteiger partial charge < -0.3 is 10.2 Å². The number of amides is 2. The molecule has 0 heterocycles. The summed E-state index contributed by atoms with van der Waals surface area (Å²) in [6.07, 6.45) is 6.96. The van der Waals surface area contributed by atoms with Gasteiger partial charge in [0, 0.05) is 29.9 Å². The maximum atomic E-state index is 14.1. The quantitative estimate of drug-likeness (QED) is 0.205. The number of nitrogens with one attached hydrogen (secondary N) is 1. The predicted molar refractivity (Wildman–Crippen MR) is 166 cm³/mol. The van der Waals surface area contributed by atoms with Crippen molar-refractivity contribution in [3.63, 3.8) is 0 Å². The number of aryl methyl sites for hydroxylation is 1. The summed E-state index contributed by atoms with van der Waals surface area (Å²) in [5.41, 5.74) is 3.21. The maximum Gasteiger partial charge on any atom is 0.243 e. The van der Waals surface area contributed by atoms with Crippen molar-refractivity contribution in [3.05, 3.63) is 118 Å². The molecule has 0 spiro atoms. The van der Waals surface area contributed by atoms with E-state index < -0.39 is 6.04 Å². The number of rotatable bonds is 10. The Balaban J connectivity index is 1.43. The zero-order chi connectivity index (χ0) is 27.7. The molecular weight excluding hydrogens is 560 g/mol. The van der Waals surface area contributed by atoms with Crippen molar-refractivity contribution in [2.75, 3.05) is 0 Å². The van der Waals surface area contributed by atoms with Crippen LogP contribution in [0, 0.1) is 0 Å². The summed E-state index contributed by atoms with van der Waals surface area (Å²) < 4.78 is 0.987. The summed E-state index contributed by atoms with van der Waals surface area (Å²) in [7, 11) is 0. The van der Waals surface area contributed by atoms with E-state index in [1.807, 2.05) is 71.6 Å². The molecule has 1 saturated carbocycles. The molecule has 1 aliphatic carbocycles. The average Bonchev–Trinajstić information content (AvgIpc) is 2.99. The second-order valence-corrected chi connectivity index (χ2v) is 11.8. The van der Waals surface area contributed by atoms with Crippen LogP contribution in [0.4, 0.5) is 0 Å². The first-order valence-corrected chi connectivity index (χ1v) is 15.2. The minimum atomic E-state index is -0.590. The van der Waals surface area contributed by atoms with Crippen LogP contribution in [0.25, 0.3) is 10.8 Å². The van der Waals surface area contributed by atoms with Crippen molar-refractivity contribution in [2.45, 2.75) is 70.0 Å². The number of fused-ring (bicyclic) bond motifs is 1. The molecule has 40 heavy (non-hydrogen) atoms. The molecule has 1 unspecified atom stereocenters. The van der Waals surface area contributed by atoms with Crippen molar-refractivity contribution >= 4 is 38.5 Å². The van der Waals surface area contributed by atoms with Crippen molar-refractivity contribution in [2.24, 2.45) is 0 Å². The van der Waals surface area contributed by atoms with Gasteiger partial charge in [-0.3, -0.25) is 9.59 Å². The maximum absolute atomic E-state index is 14.1. The second kappa shape index (κ2) is 13.8. The molecule has 1 atom stereocenters. The smallest absolute Gasteiger partial charge is 0.243 e. The van der Waals surface area contributed by atoms with Gasteiger partial charge >= 0.3 is 0 Å².